The number of tetrazole rings is 1. The van der Waals surface area contributed by atoms with E-state index in [2.05, 4.69) is 34.7 Å². The fourth-order valence-corrected chi connectivity index (χ4v) is 3.36. The Labute approximate surface area is 162 Å². The molecule has 1 N–H and O–H groups in total. The molecule has 0 saturated heterocycles. The second-order valence-electron chi connectivity index (χ2n) is 7.48. The summed E-state index contributed by atoms with van der Waals surface area (Å²) in [6.07, 6.45) is 3.83. The molecule has 3 aromatic rings. The quantitative estimate of drug-likeness (QED) is 0.727. The van der Waals surface area contributed by atoms with Gasteiger partial charge >= 0.3 is 0 Å². The van der Waals surface area contributed by atoms with E-state index in [0.717, 1.165) is 29.7 Å². The SMILES string of the molecule is CC(C)(NC(=O)c1cc(-c2ccc(Cl)cc2)cc(-n2cnnn2)c1)C1CC1. The van der Waals surface area contributed by atoms with E-state index >= 15 is 0 Å². The molecule has 6 nitrogen and oxygen atoms in total. The molecule has 7 heteroatoms. The van der Waals surface area contributed by atoms with Crippen LogP contribution in [0, 0.1) is 5.92 Å². The summed E-state index contributed by atoms with van der Waals surface area (Å²) in [6, 6.07) is 13.1. The molecule has 2 aromatic carbocycles. The van der Waals surface area contributed by atoms with Crippen LogP contribution < -0.4 is 5.32 Å². The summed E-state index contributed by atoms with van der Waals surface area (Å²) in [6.45, 7) is 4.15. The fraction of sp³-hybridized carbons (Fsp3) is 0.300. The summed E-state index contributed by atoms with van der Waals surface area (Å²) in [5, 5.41) is 15.2. The van der Waals surface area contributed by atoms with Gasteiger partial charge in [-0.15, -0.1) is 5.10 Å². The van der Waals surface area contributed by atoms with Crippen molar-refractivity contribution in [3.05, 3.63) is 59.4 Å². The van der Waals surface area contributed by atoms with Crippen LogP contribution in [0.2, 0.25) is 5.02 Å². The van der Waals surface area contributed by atoms with Crippen LogP contribution in [0.3, 0.4) is 0 Å². The van der Waals surface area contributed by atoms with Gasteiger partial charge in [-0.2, -0.15) is 0 Å². The summed E-state index contributed by atoms with van der Waals surface area (Å²) < 4.78 is 1.54. The van der Waals surface area contributed by atoms with Gasteiger partial charge in [-0.3, -0.25) is 4.79 Å². The van der Waals surface area contributed by atoms with E-state index < -0.39 is 0 Å². The molecule has 27 heavy (non-hydrogen) atoms. The number of nitrogens with zero attached hydrogens (tertiary/aromatic N) is 4. The Morgan fingerprint density at radius 1 is 1.15 bits per heavy atom. The number of carbonyl (C=O) groups is 1. The summed E-state index contributed by atoms with van der Waals surface area (Å²) in [4.78, 5) is 13.0. The average molecular weight is 382 g/mol. The molecular weight excluding hydrogens is 362 g/mol. The van der Waals surface area contributed by atoms with Gasteiger partial charge in [0, 0.05) is 16.1 Å². The Morgan fingerprint density at radius 2 is 1.89 bits per heavy atom. The smallest absolute Gasteiger partial charge is 0.251 e. The van der Waals surface area contributed by atoms with Crippen LogP contribution in [-0.2, 0) is 0 Å². The molecule has 4 rings (SSSR count). The molecule has 1 saturated carbocycles. The van der Waals surface area contributed by atoms with Crippen molar-refractivity contribution in [2.24, 2.45) is 5.92 Å². The van der Waals surface area contributed by atoms with Gasteiger partial charge in [-0.25, -0.2) is 4.68 Å². The van der Waals surface area contributed by atoms with Crippen molar-refractivity contribution >= 4 is 17.5 Å². The summed E-state index contributed by atoms with van der Waals surface area (Å²) in [5.74, 6) is 0.442. The van der Waals surface area contributed by atoms with Crippen LogP contribution in [0.5, 0.6) is 0 Å². The molecule has 0 aliphatic heterocycles. The van der Waals surface area contributed by atoms with E-state index in [-0.39, 0.29) is 11.4 Å². The lowest BCUT2D eigenvalue weighted by Gasteiger charge is -2.26. The van der Waals surface area contributed by atoms with Gasteiger partial charge in [0.2, 0.25) is 0 Å². The minimum Gasteiger partial charge on any atom is -0.347 e. The van der Waals surface area contributed by atoms with Crippen LogP contribution in [0.25, 0.3) is 16.8 Å². The van der Waals surface area contributed by atoms with E-state index in [1.54, 1.807) is 10.7 Å². The number of hydrogen-bond acceptors (Lipinski definition) is 4. The first-order valence-electron chi connectivity index (χ1n) is 8.89. The Kier molecular flexibility index (Phi) is 4.44. The van der Waals surface area contributed by atoms with Gasteiger partial charge in [-0.1, -0.05) is 23.7 Å². The molecule has 0 spiro atoms. The van der Waals surface area contributed by atoms with Crippen LogP contribution in [-0.4, -0.2) is 31.7 Å². The summed E-state index contributed by atoms with van der Waals surface area (Å²) >= 11 is 6.01. The maximum atomic E-state index is 13.0. The minimum atomic E-state index is -0.220. The summed E-state index contributed by atoms with van der Waals surface area (Å²) in [5.41, 5.74) is 2.94. The van der Waals surface area contributed by atoms with E-state index in [0.29, 0.717) is 16.5 Å². The second kappa shape index (κ2) is 6.78. The molecule has 0 bridgehead atoms. The molecule has 1 aliphatic carbocycles. The maximum Gasteiger partial charge on any atom is 0.251 e. The number of hydrogen-bond donors (Lipinski definition) is 1. The average Bonchev–Trinajstić information content (AvgIpc) is 3.38. The first kappa shape index (κ1) is 17.7. The third kappa shape index (κ3) is 3.85. The standard InChI is InChI=1S/C20H20ClN5O/c1-20(2,16-5-6-16)23-19(27)15-9-14(13-3-7-17(21)8-4-13)10-18(11-15)26-12-22-24-25-26/h3-4,7-12,16H,5-6H2,1-2H3,(H,23,27). The third-order valence-corrected chi connectivity index (χ3v) is 5.26. The zero-order valence-corrected chi connectivity index (χ0v) is 15.9. The van der Waals surface area contributed by atoms with Crippen molar-refractivity contribution in [2.75, 3.05) is 0 Å². The molecule has 1 amide bonds. The largest absolute Gasteiger partial charge is 0.347 e. The highest BCUT2D eigenvalue weighted by Crippen LogP contribution is 2.39. The lowest BCUT2D eigenvalue weighted by Crippen LogP contribution is -2.45. The predicted molar refractivity (Wildman–Crippen MR) is 104 cm³/mol. The van der Waals surface area contributed by atoms with Gasteiger partial charge in [0.25, 0.3) is 5.91 Å². The molecule has 1 heterocycles. The van der Waals surface area contributed by atoms with Gasteiger partial charge in [-0.05, 0) is 84.5 Å². The van der Waals surface area contributed by atoms with E-state index in [9.17, 15) is 4.79 Å². The lowest BCUT2D eigenvalue weighted by molar-refractivity contribution is 0.0903. The highest BCUT2D eigenvalue weighted by Gasteiger charge is 2.38. The molecule has 1 fully saturated rings. The normalized spacial score (nSPS) is 14.2. The molecule has 0 radical (unpaired) electrons. The van der Waals surface area contributed by atoms with Crippen LogP contribution in [0.1, 0.15) is 37.0 Å². The Bertz CT molecular complexity index is 963. The monoisotopic (exact) mass is 381 g/mol. The molecule has 0 unspecified atom stereocenters. The first-order chi connectivity index (χ1) is 12.9. The van der Waals surface area contributed by atoms with Crippen LogP contribution >= 0.6 is 11.6 Å². The zero-order chi connectivity index (χ0) is 19.0. The van der Waals surface area contributed by atoms with Crippen LogP contribution in [0.15, 0.2) is 48.8 Å². The third-order valence-electron chi connectivity index (χ3n) is 5.00. The van der Waals surface area contributed by atoms with Crippen molar-refractivity contribution in [1.29, 1.82) is 0 Å². The summed E-state index contributed by atoms with van der Waals surface area (Å²) in [7, 11) is 0. The highest BCUT2D eigenvalue weighted by atomic mass is 35.5. The highest BCUT2D eigenvalue weighted by molar-refractivity contribution is 6.30. The Hall–Kier alpha value is -2.73. The molecule has 0 atom stereocenters. The molecule has 1 aliphatic rings. The topological polar surface area (TPSA) is 72.7 Å². The number of aromatic nitrogens is 4. The van der Waals surface area contributed by atoms with Crippen LogP contribution in [0.4, 0.5) is 0 Å². The zero-order valence-electron chi connectivity index (χ0n) is 15.2. The Morgan fingerprint density at radius 3 is 2.52 bits per heavy atom. The van der Waals surface area contributed by atoms with Gasteiger partial charge < -0.3 is 5.32 Å². The number of halogens is 1. The van der Waals surface area contributed by atoms with Gasteiger partial charge in [0.1, 0.15) is 6.33 Å². The number of nitrogens with one attached hydrogen (secondary N) is 1. The van der Waals surface area contributed by atoms with Crippen molar-refractivity contribution in [1.82, 2.24) is 25.5 Å². The lowest BCUT2D eigenvalue weighted by atomic mass is 9.97. The number of carbonyl (C=O) groups excluding carboxylic acids is 1. The van der Waals surface area contributed by atoms with E-state index in [1.165, 1.54) is 6.33 Å². The molecule has 1 aromatic heterocycles. The molecule has 138 valence electrons. The maximum absolute atomic E-state index is 13.0. The molecular formula is C20H20ClN5O. The number of rotatable bonds is 5. The van der Waals surface area contributed by atoms with Crippen molar-refractivity contribution in [3.8, 4) is 16.8 Å². The van der Waals surface area contributed by atoms with Gasteiger partial charge in [0.05, 0.1) is 5.69 Å². The predicted octanol–water partition coefficient (Wildman–Crippen LogP) is 3.90. The van der Waals surface area contributed by atoms with E-state index in [4.69, 9.17) is 11.6 Å². The minimum absolute atomic E-state index is 0.1000. The fourth-order valence-electron chi connectivity index (χ4n) is 3.24. The van der Waals surface area contributed by atoms with Gasteiger partial charge in [0.15, 0.2) is 0 Å². The van der Waals surface area contributed by atoms with E-state index in [1.807, 2.05) is 36.4 Å². The number of amides is 1. The first-order valence-corrected chi connectivity index (χ1v) is 9.27. The number of benzene rings is 2. The van der Waals surface area contributed by atoms with Crippen molar-refractivity contribution in [2.45, 2.75) is 32.2 Å². The Balaban J connectivity index is 1.73. The van der Waals surface area contributed by atoms with Crippen molar-refractivity contribution < 1.29 is 4.79 Å². The second-order valence-corrected chi connectivity index (χ2v) is 7.92. The van der Waals surface area contributed by atoms with Crippen molar-refractivity contribution in [3.63, 3.8) is 0 Å².